The highest BCUT2D eigenvalue weighted by molar-refractivity contribution is 5.89. The maximum absolute atomic E-state index is 12.5. The SMILES string of the molecule is CCCN(CCC)C(=O)C1CC(=O)N(CCN(C)C)C1. The maximum Gasteiger partial charge on any atom is 0.227 e. The minimum Gasteiger partial charge on any atom is -0.342 e. The lowest BCUT2D eigenvalue weighted by atomic mass is 10.1. The van der Waals surface area contributed by atoms with E-state index in [-0.39, 0.29) is 17.7 Å². The van der Waals surface area contributed by atoms with Crippen molar-refractivity contribution in [3.63, 3.8) is 0 Å². The Morgan fingerprint density at radius 1 is 1.20 bits per heavy atom. The van der Waals surface area contributed by atoms with Gasteiger partial charge in [-0.25, -0.2) is 0 Å². The first-order chi connectivity index (χ1) is 9.49. The summed E-state index contributed by atoms with van der Waals surface area (Å²) in [7, 11) is 3.99. The molecule has 1 unspecified atom stereocenters. The van der Waals surface area contributed by atoms with Crippen LogP contribution in [0.4, 0.5) is 0 Å². The van der Waals surface area contributed by atoms with Gasteiger partial charge in [0.2, 0.25) is 11.8 Å². The van der Waals surface area contributed by atoms with Crippen LogP contribution in [0.5, 0.6) is 0 Å². The van der Waals surface area contributed by atoms with Gasteiger partial charge in [-0.1, -0.05) is 13.8 Å². The normalized spacial score (nSPS) is 18.9. The number of nitrogens with zero attached hydrogens (tertiary/aromatic N) is 3. The van der Waals surface area contributed by atoms with Crippen LogP contribution in [0.2, 0.25) is 0 Å². The molecule has 0 bridgehead atoms. The van der Waals surface area contributed by atoms with Gasteiger partial charge in [-0.3, -0.25) is 9.59 Å². The van der Waals surface area contributed by atoms with Crippen LogP contribution in [0.1, 0.15) is 33.1 Å². The van der Waals surface area contributed by atoms with E-state index in [1.807, 2.05) is 23.9 Å². The fourth-order valence-corrected chi connectivity index (χ4v) is 2.60. The smallest absolute Gasteiger partial charge is 0.227 e. The van der Waals surface area contributed by atoms with E-state index in [9.17, 15) is 9.59 Å². The zero-order valence-corrected chi connectivity index (χ0v) is 13.4. The summed E-state index contributed by atoms with van der Waals surface area (Å²) < 4.78 is 0. The van der Waals surface area contributed by atoms with Gasteiger partial charge in [0, 0.05) is 39.1 Å². The number of likely N-dealkylation sites (tertiary alicyclic amines) is 1. The van der Waals surface area contributed by atoms with Crippen LogP contribution in [0, 0.1) is 5.92 Å². The highest BCUT2D eigenvalue weighted by atomic mass is 16.2. The van der Waals surface area contributed by atoms with Crippen molar-refractivity contribution < 1.29 is 9.59 Å². The molecule has 0 aromatic heterocycles. The third-order valence-electron chi connectivity index (χ3n) is 3.68. The van der Waals surface area contributed by atoms with Gasteiger partial charge in [-0.15, -0.1) is 0 Å². The van der Waals surface area contributed by atoms with Crippen LogP contribution in [-0.4, -0.2) is 73.3 Å². The monoisotopic (exact) mass is 283 g/mol. The molecule has 1 aliphatic heterocycles. The van der Waals surface area contributed by atoms with Crippen molar-refractivity contribution >= 4 is 11.8 Å². The number of rotatable bonds is 8. The predicted molar refractivity (Wildman–Crippen MR) is 80.4 cm³/mol. The second-order valence-electron chi connectivity index (χ2n) is 5.87. The molecule has 1 saturated heterocycles. The Hall–Kier alpha value is -1.10. The molecule has 0 radical (unpaired) electrons. The van der Waals surface area contributed by atoms with E-state index in [4.69, 9.17) is 0 Å². The molecule has 1 rings (SSSR count). The largest absolute Gasteiger partial charge is 0.342 e. The van der Waals surface area contributed by atoms with Crippen LogP contribution >= 0.6 is 0 Å². The molecule has 1 heterocycles. The van der Waals surface area contributed by atoms with E-state index >= 15 is 0 Å². The first kappa shape index (κ1) is 17.0. The van der Waals surface area contributed by atoms with E-state index in [1.54, 1.807) is 0 Å². The van der Waals surface area contributed by atoms with E-state index < -0.39 is 0 Å². The number of carbonyl (C=O) groups excluding carboxylic acids is 2. The molecule has 20 heavy (non-hydrogen) atoms. The summed E-state index contributed by atoms with van der Waals surface area (Å²) in [5, 5.41) is 0. The van der Waals surface area contributed by atoms with Crippen molar-refractivity contribution in [2.24, 2.45) is 5.92 Å². The molecule has 0 saturated carbocycles. The third kappa shape index (κ3) is 4.78. The molecule has 5 nitrogen and oxygen atoms in total. The van der Waals surface area contributed by atoms with Crippen LogP contribution in [-0.2, 0) is 9.59 Å². The fourth-order valence-electron chi connectivity index (χ4n) is 2.60. The second-order valence-corrected chi connectivity index (χ2v) is 5.87. The molecule has 0 N–H and O–H groups in total. The summed E-state index contributed by atoms with van der Waals surface area (Å²) in [5.41, 5.74) is 0. The van der Waals surface area contributed by atoms with Gasteiger partial charge in [-0.05, 0) is 26.9 Å². The number of amides is 2. The number of hydrogen-bond acceptors (Lipinski definition) is 3. The molecule has 1 aliphatic rings. The molecule has 1 atom stereocenters. The molecule has 1 fully saturated rings. The van der Waals surface area contributed by atoms with Crippen LogP contribution in [0.3, 0.4) is 0 Å². The number of hydrogen-bond donors (Lipinski definition) is 0. The van der Waals surface area contributed by atoms with Crippen molar-refractivity contribution in [2.45, 2.75) is 33.1 Å². The molecular weight excluding hydrogens is 254 g/mol. The lowest BCUT2D eigenvalue weighted by molar-refractivity contribution is -0.136. The van der Waals surface area contributed by atoms with Crippen molar-refractivity contribution in [3.05, 3.63) is 0 Å². The topological polar surface area (TPSA) is 43.9 Å². The number of carbonyl (C=O) groups is 2. The fraction of sp³-hybridized carbons (Fsp3) is 0.867. The van der Waals surface area contributed by atoms with Gasteiger partial charge in [0.15, 0.2) is 0 Å². The minimum atomic E-state index is -0.136. The molecule has 0 aromatic carbocycles. The summed E-state index contributed by atoms with van der Waals surface area (Å²) in [6, 6.07) is 0. The lowest BCUT2D eigenvalue weighted by Crippen LogP contribution is -2.39. The van der Waals surface area contributed by atoms with Gasteiger partial charge >= 0.3 is 0 Å². The van der Waals surface area contributed by atoms with Gasteiger partial charge in [-0.2, -0.15) is 0 Å². The Balaban J connectivity index is 2.55. The summed E-state index contributed by atoms with van der Waals surface area (Å²) in [6.45, 7) is 7.93. The summed E-state index contributed by atoms with van der Waals surface area (Å²) in [6.07, 6.45) is 2.32. The van der Waals surface area contributed by atoms with Gasteiger partial charge < -0.3 is 14.7 Å². The molecular formula is C15H29N3O2. The van der Waals surface area contributed by atoms with E-state index in [1.165, 1.54) is 0 Å². The standard InChI is InChI=1S/C15H29N3O2/c1-5-7-17(8-6-2)15(20)13-11-14(19)18(12-13)10-9-16(3)4/h13H,5-12H2,1-4H3. The quantitative estimate of drug-likeness (QED) is 0.669. The minimum absolute atomic E-state index is 0.123. The first-order valence-electron chi connectivity index (χ1n) is 7.70. The zero-order valence-electron chi connectivity index (χ0n) is 13.4. The van der Waals surface area contributed by atoms with Gasteiger partial charge in [0.05, 0.1) is 5.92 Å². The molecule has 5 heteroatoms. The van der Waals surface area contributed by atoms with Crippen molar-refractivity contribution in [3.8, 4) is 0 Å². The van der Waals surface area contributed by atoms with E-state index in [2.05, 4.69) is 18.7 Å². The van der Waals surface area contributed by atoms with Crippen molar-refractivity contribution in [2.75, 3.05) is 46.8 Å². The average molecular weight is 283 g/mol. The molecule has 2 amide bonds. The third-order valence-corrected chi connectivity index (χ3v) is 3.68. The highest BCUT2D eigenvalue weighted by Crippen LogP contribution is 2.20. The second kappa shape index (κ2) is 8.25. The highest BCUT2D eigenvalue weighted by Gasteiger charge is 2.35. The van der Waals surface area contributed by atoms with Crippen LogP contribution in [0.25, 0.3) is 0 Å². The Labute approximate surface area is 122 Å². The number of likely N-dealkylation sites (N-methyl/N-ethyl adjacent to an activating group) is 1. The molecule has 0 aliphatic carbocycles. The molecule has 0 aromatic rings. The average Bonchev–Trinajstić information content (AvgIpc) is 2.76. The van der Waals surface area contributed by atoms with Gasteiger partial charge in [0.1, 0.15) is 0 Å². The Morgan fingerprint density at radius 2 is 1.80 bits per heavy atom. The molecule has 116 valence electrons. The Kier molecular flexibility index (Phi) is 6.99. The zero-order chi connectivity index (χ0) is 15.1. The van der Waals surface area contributed by atoms with Crippen molar-refractivity contribution in [1.29, 1.82) is 0 Å². The summed E-state index contributed by atoms with van der Waals surface area (Å²) in [4.78, 5) is 30.3. The van der Waals surface area contributed by atoms with E-state index in [0.717, 1.165) is 39.0 Å². The molecule has 0 spiro atoms. The van der Waals surface area contributed by atoms with Crippen LogP contribution in [0.15, 0.2) is 0 Å². The Bertz CT molecular complexity index is 325. The predicted octanol–water partition coefficient (Wildman–Crippen LogP) is 1.05. The first-order valence-corrected chi connectivity index (χ1v) is 7.70. The van der Waals surface area contributed by atoms with E-state index in [0.29, 0.717) is 13.0 Å². The Morgan fingerprint density at radius 3 is 2.30 bits per heavy atom. The van der Waals surface area contributed by atoms with Crippen molar-refractivity contribution in [1.82, 2.24) is 14.7 Å². The lowest BCUT2D eigenvalue weighted by Gasteiger charge is -2.25. The summed E-state index contributed by atoms with van der Waals surface area (Å²) >= 11 is 0. The maximum atomic E-state index is 12.5. The van der Waals surface area contributed by atoms with Crippen LogP contribution < -0.4 is 0 Å². The summed E-state index contributed by atoms with van der Waals surface area (Å²) in [5.74, 6) is 0.148. The van der Waals surface area contributed by atoms with Gasteiger partial charge in [0.25, 0.3) is 0 Å².